The van der Waals surface area contributed by atoms with Crippen molar-refractivity contribution in [1.82, 2.24) is 10.9 Å². The van der Waals surface area contributed by atoms with Crippen LogP contribution in [0.2, 0.25) is 5.02 Å². The standard InChI is InChI=1S/C10H10ClFN2O/c11-7-2-1-3-8(12)10(7)9-4-6(5-15)13-14-9/h1-3,5-6,9,13-14H,4H2. The summed E-state index contributed by atoms with van der Waals surface area (Å²) in [5, 5.41) is 0.376. The molecule has 1 aromatic carbocycles. The Kier molecular flexibility index (Phi) is 3.00. The van der Waals surface area contributed by atoms with E-state index in [1.807, 2.05) is 0 Å². The van der Waals surface area contributed by atoms with Gasteiger partial charge in [0, 0.05) is 10.6 Å². The van der Waals surface area contributed by atoms with Gasteiger partial charge in [-0.25, -0.2) is 15.2 Å². The van der Waals surface area contributed by atoms with Crippen molar-refractivity contribution in [2.75, 3.05) is 0 Å². The van der Waals surface area contributed by atoms with Crippen molar-refractivity contribution in [3.05, 3.63) is 34.6 Å². The van der Waals surface area contributed by atoms with Gasteiger partial charge in [0.15, 0.2) is 0 Å². The molecule has 5 heteroatoms. The van der Waals surface area contributed by atoms with E-state index in [9.17, 15) is 9.18 Å². The molecule has 2 N–H and O–H groups in total. The maximum atomic E-state index is 13.5. The first-order chi connectivity index (χ1) is 7.22. The van der Waals surface area contributed by atoms with Crippen molar-refractivity contribution in [3.8, 4) is 0 Å². The molecule has 0 saturated carbocycles. The molecule has 1 aliphatic rings. The van der Waals surface area contributed by atoms with Gasteiger partial charge in [0.1, 0.15) is 12.1 Å². The van der Waals surface area contributed by atoms with Crippen molar-refractivity contribution in [2.45, 2.75) is 18.5 Å². The number of carbonyl (C=O) groups excluding carboxylic acids is 1. The average Bonchev–Trinajstić information content (AvgIpc) is 2.66. The molecule has 2 unspecified atom stereocenters. The predicted molar refractivity (Wildman–Crippen MR) is 54.9 cm³/mol. The normalized spacial score (nSPS) is 25.5. The summed E-state index contributed by atoms with van der Waals surface area (Å²) in [5.41, 5.74) is 6.03. The van der Waals surface area contributed by atoms with E-state index in [0.717, 1.165) is 6.29 Å². The molecule has 1 saturated heterocycles. The molecule has 2 atom stereocenters. The minimum atomic E-state index is -0.353. The molecule has 15 heavy (non-hydrogen) atoms. The lowest BCUT2D eigenvalue weighted by Gasteiger charge is -2.12. The number of hydrogen-bond acceptors (Lipinski definition) is 3. The van der Waals surface area contributed by atoms with Gasteiger partial charge in [-0.05, 0) is 18.6 Å². The maximum Gasteiger partial charge on any atom is 0.138 e. The summed E-state index contributed by atoms with van der Waals surface area (Å²) in [5.74, 6) is -0.353. The van der Waals surface area contributed by atoms with Crippen LogP contribution in [0.4, 0.5) is 4.39 Å². The average molecular weight is 229 g/mol. The van der Waals surface area contributed by atoms with E-state index in [2.05, 4.69) is 10.9 Å². The molecular formula is C10H10ClFN2O. The van der Waals surface area contributed by atoms with Crippen molar-refractivity contribution in [3.63, 3.8) is 0 Å². The minimum Gasteiger partial charge on any atom is -0.302 e. The van der Waals surface area contributed by atoms with Crippen LogP contribution in [-0.2, 0) is 4.79 Å². The van der Waals surface area contributed by atoms with Gasteiger partial charge < -0.3 is 4.79 Å². The fraction of sp³-hybridized carbons (Fsp3) is 0.300. The van der Waals surface area contributed by atoms with E-state index in [1.165, 1.54) is 6.07 Å². The zero-order valence-corrected chi connectivity index (χ0v) is 8.59. The number of hydrazine groups is 1. The Balaban J connectivity index is 2.27. The predicted octanol–water partition coefficient (Wildman–Crippen LogP) is 1.59. The van der Waals surface area contributed by atoms with Gasteiger partial charge in [0.25, 0.3) is 0 Å². The second-order valence-corrected chi connectivity index (χ2v) is 3.86. The minimum absolute atomic E-state index is 0.256. The Bertz CT molecular complexity index is 365. The molecule has 1 heterocycles. The van der Waals surface area contributed by atoms with Gasteiger partial charge >= 0.3 is 0 Å². The first-order valence-electron chi connectivity index (χ1n) is 4.62. The first-order valence-corrected chi connectivity index (χ1v) is 5.00. The van der Waals surface area contributed by atoms with Gasteiger partial charge in [-0.1, -0.05) is 17.7 Å². The molecule has 1 aliphatic heterocycles. The highest BCUT2D eigenvalue weighted by atomic mass is 35.5. The second kappa shape index (κ2) is 4.26. The molecular weight excluding hydrogens is 219 g/mol. The number of carbonyl (C=O) groups is 1. The molecule has 0 amide bonds. The lowest BCUT2D eigenvalue weighted by molar-refractivity contribution is -0.109. The molecule has 0 bridgehead atoms. The van der Waals surface area contributed by atoms with Crippen molar-refractivity contribution in [2.24, 2.45) is 0 Å². The molecule has 2 rings (SSSR count). The molecule has 0 spiro atoms. The first kappa shape index (κ1) is 10.5. The second-order valence-electron chi connectivity index (χ2n) is 3.45. The van der Waals surface area contributed by atoms with E-state index in [1.54, 1.807) is 12.1 Å². The Morgan fingerprint density at radius 3 is 2.87 bits per heavy atom. The number of aldehydes is 1. The lowest BCUT2D eigenvalue weighted by atomic mass is 10.0. The van der Waals surface area contributed by atoms with Gasteiger partial charge in [-0.3, -0.25) is 0 Å². The zero-order valence-electron chi connectivity index (χ0n) is 7.84. The van der Waals surface area contributed by atoms with E-state index in [-0.39, 0.29) is 17.9 Å². The van der Waals surface area contributed by atoms with Crippen LogP contribution in [0.25, 0.3) is 0 Å². The largest absolute Gasteiger partial charge is 0.302 e. The van der Waals surface area contributed by atoms with Crippen molar-refractivity contribution in [1.29, 1.82) is 0 Å². The third-order valence-electron chi connectivity index (χ3n) is 2.45. The number of halogens is 2. The zero-order chi connectivity index (χ0) is 10.8. The Hall–Kier alpha value is -0.970. The van der Waals surface area contributed by atoms with Crippen LogP contribution in [0.15, 0.2) is 18.2 Å². The van der Waals surface area contributed by atoms with E-state index in [4.69, 9.17) is 11.6 Å². The third kappa shape index (κ3) is 2.02. The Labute approximate surface area is 91.6 Å². The third-order valence-corrected chi connectivity index (χ3v) is 2.77. The highest BCUT2D eigenvalue weighted by Gasteiger charge is 2.27. The van der Waals surface area contributed by atoms with Gasteiger partial charge in [-0.15, -0.1) is 0 Å². The monoisotopic (exact) mass is 228 g/mol. The maximum absolute atomic E-state index is 13.5. The summed E-state index contributed by atoms with van der Waals surface area (Å²) in [4.78, 5) is 10.5. The smallest absolute Gasteiger partial charge is 0.138 e. The SMILES string of the molecule is O=CC1CC(c2c(F)cccc2Cl)NN1. The van der Waals surface area contributed by atoms with Crippen molar-refractivity contribution < 1.29 is 9.18 Å². The molecule has 1 aromatic rings. The van der Waals surface area contributed by atoms with Gasteiger partial charge in [0.2, 0.25) is 0 Å². The van der Waals surface area contributed by atoms with E-state index in [0.29, 0.717) is 17.0 Å². The summed E-state index contributed by atoms with van der Waals surface area (Å²) in [7, 11) is 0. The van der Waals surface area contributed by atoms with Gasteiger partial charge in [-0.2, -0.15) is 0 Å². The summed E-state index contributed by atoms with van der Waals surface area (Å²) in [6, 6.07) is 4.01. The fourth-order valence-electron chi connectivity index (χ4n) is 1.70. The summed E-state index contributed by atoms with van der Waals surface area (Å²) in [6.07, 6.45) is 1.30. The van der Waals surface area contributed by atoms with Crippen LogP contribution >= 0.6 is 11.6 Å². The Morgan fingerprint density at radius 1 is 1.47 bits per heavy atom. The van der Waals surface area contributed by atoms with Crippen LogP contribution in [-0.4, -0.2) is 12.3 Å². The number of rotatable bonds is 2. The van der Waals surface area contributed by atoms with Crippen LogP contribution < -0.4 is 10.9 Å². The molecule has 1 fully saturated rings. The van der Waals surface area contributed by atoms with Crippen LogP contribution in [0.5, 0.6) is 0 Å². The van der Waals surface area contributed by atoms with Crippen LogP contribution in [0, 0.1) is 5.82 Å². The molecule has 0 aliphatic carbocycles. The van der Waals surface area contributed by atoms with E-state index < -0.39 is 0 Å². The summed E-state index contributed by atoms with van der Waals surface area (Å²) >= 11 is 5.90. The Morgan fingerprint density at radius 2 is 2.27 bits per heavy atom. The molecule has 3 nitrogen and oxygen atoms in total. The molecule has 0 aromatic heterocycles. The van der Waals surface area contributed by atoms with Crippen molar-refractivity contribution >= 4 is 17.9 Å². The fourth-order valence-corrected chi connectivity index (χ4v) is 2.00. The molecule has 0 radical (unpaired) electrons. The summed E-state index contributed by atoms with van der Waals surface area (Å²) in [6.45, 7) is 0. The van der Waals surface area contributed by atoms with Crippen LogP contribution in [0.1, 0.15) is 18.0 Å². The lowest BCUT2D eigenvalue weighted by Crippen LogP contribution is -2.31. The van der Waals surface area contributed by atoms with E-state index >= 15 is 0 Å². The summed E-state index contributed by atoms with van der Waals surface area (Å²) < 4.78 is 13.5. The number of benzene rings is 1. The van der Waals surface area contributed by atoms with Gasteiger partial charge in [0.05, 0.1) is 12.1 Å². The highest BCUT2D eigenvalue weighted by molar-refractivity contribution is 6.31. The number of hydrogen-bond donors (Lipinski definition) is 2. The van der Waals surface area contributed by atoms with Crippen LogP contribution in [0.3, 0.4) is 0 Å². The number of nitrogens with one attached hydrogen (secondary N) is 2. The highest BCUT2D eigenvalue weighted by Crippen LogP contribution is 2.30. The molecule has 80 valence electrons. The quantitative estimate of drug-likeness (QED) is 0.756. The topological polar surface area (TPSA) is 41.1 Å².